The first-order valence-corrected chi connectivity index (χ1v) is 10.1. The van der Waals surface area contributed by atoms with Crippen molar-refractivity contribution in [2.75, 3.05) is 26.3 Å². The van der Waals surface area contributed by atoms with Gasteiger partial charge in [-0.1, -0.05) is 13.8 Å². The van der Waals surface area contributed by atoms with E-state index in [9.17, 15) is 4.79 Å². The monoisotopic (exact) mass is 387 g/mol. The number of rotatable bonds is 7. The molecule has 1 aromatic carbocycles. The molecule has 0 unspecified atom stereocenters. The van der Waals surface area contributed by atoms with E-state index in [1.165, 1.54) is 0 Å². The third-order valence-corrected chi connectivity index (χ3v) is 4.87. The maximum Gasteiger partial charge on any atom is 0.253 e. The highest BCUT2D eigenvalue weighted by atomic mass is 16.5. The highest BCUT2D eigenvalue weighted by Gasteiger charge is 2.28. The van der Waals surface area contributed by atoms with Gasteiger partial charge in [0, 0.05) is 30.5 Å². The average molecular weight is 387 g/mol. The Balaban J connectivity index is 1.65. The van der Waals surface area contributed by atoms with Crippen molar-refractivity contribution in [2.45, 2.75) is 52.4 Å². The zero-order valence-corrected chi connectivity index (χ0v) is 17.1. The zero-order chi connectivity index (χ0) is 20.1. The number of ether oxygens (including phenoxy) is 2. The molecule has 7 heteroatoms. The summed E-state index contributed by atoms with van der Waals surface area (Å²) in [6.45, 7) is 10.3. The van der Waals surface area contributed by atoms with Crippen LogP contribution in [0.3, 0.4) is 0 Å². The Morgan fingerprint density at radius 2 is 1.82 bits per heavy atom. The van der Waals surface area contributed by atoms with Gasteiger partial charge in [0.2, 0.25) is 11.8 Å². The lowest BCUT2D eigenvalue weighted by Crippen LogP contribution is -2.38. The van der Waals surface area contributed by atoms with E-state index in [0.717, 1.165) is 12.8 Å². The normalized spacial score (nSPS) is 15.1. The number of carbonyl (C=O) groups excluding carboxylic acids is 1. The molecule has 1 amide bonds. The molecule has 1 aromatic heterocycles. The molecule has 2 aromatic rings. The summed E-state index contributed by atoms with van der Waals surface area (Å²) in [5.41, 5.74) is 0.616. The van der Waals surface area contributed by atoms with Crippen molar-refractivity contribution in [1.82, 2.24) is 15.1 Å². The van der Waals surface area contributed by atoms with E-state index in [0.29, 0.717) is 55.1 Å². The van der Waals surface area contributed by atoms with Crippen LogP contribution in [0.2, 0.25) is 0 Å². The minimum atomic E-state index is 0.0100. The van der Waals surface area contributed by atoms with E-state index in [1.807, 2.05) is 32.6 Å². The molecule has 1 aliphatic heterocycles. The maximum atomic E-state index is 12.9. The molecule has 0 saturated carbocycles. The Labute approximate surface area is 166 Å². The van der Waals surface area contributed by atoms with Crippen molar-refractivity contribution >= 4 is 5.91 Å². The fourth-order valence-electron chi connectivity index (χ4n) is 3.34. The molecule has 0 aliphatic carbocycles. The summed E-state index contributed by atoms with van der Waals surface area (Å²) in [5, 5.41) is 8.32. The molecule has 0 N–H and O–H groups in total. The van der Waals surface area contributed by atoms with Crippen LogP contribution in [0, 0.1) is 0 Å². The van der Waals surface area contributed by atoms with Gasteiger partial charge in [0.25, 0.3) is 5.91 Å². The van der Waals surface area contributed by atoms with Crippen LogP contribution in [-0.4, -0.2) is 47.3 Å². The van der Waals surface area contributed by atoms with Crippen LogP contribution in [0.15, 0.2) is 22.6 Å². The molecular formula is C21H29N3O4. The number of hydrogen-bond acceptors (Lipinski definition) is 6. The number of piperidine rings is 1. The highest BCUT2D eigenvalue weighted by Crippen LogP contribution is 2.31. The average Bonchev–Trinajstić information content (AvgIpc) is 3.20. The second kappa shape index (κ2) is 9.08. The van der Waals surface area contributed by atoms with Gasteiger partial charge in [-0.05, 0) is 44.9 Å². The third kappa shape index (κ3) is 4.46. The summed E-state index contributed by atoms with van der Waals surface area (Å²) in [6, 6.07) is 5.38. The number of benzene rings is 1. The van der Waals surface area contributed by atoms with Gasteiger partial charge in [0.05, 0.1) is 13.2 Å². The fraction of sp³-hybridized carbons (Fsp3) is 0.571. The smallest absolute Gasteiger partial charge is 0.253 e. The standard InChI is InChI=1S/C21H29N3O4/c1-5-26-17-8-7-16(13-18(17)27-6-2)21(25)24-11-9-15(10-12-24)20-23-22-19(28-20)14(3)4/h7-8,13-15H,5-6,9-12H2,1-4H3. The van der Waals surface area contributed by atoms with Gasteiger partial charge in [0.15, 0.2) is 11.5 Å². The van der Waals surface area contributed by atoms with Crippen molar-refractivity contribution < 1.29 is 18.7 Å². The summed E-state index contributed by atoms with van der Waals surface area (Å²) in [6.07, 6.45) is 1.64. The lowest BCUT2D eigenvalue weighted by atomic mass is 9.96. The van der Waals surface area contributed by atoms with E-state index >= 15 is 0 Å². The van der Waals surface area contributed by atoms with Crippen LogP contribution in [0.25, 0.3) is 0 Å². The zero-order valence-electron chi connectivity index (χ0n) is 17.1. The van der Waals surface area contributed by atoms with Gasteiger partial charge in [0.1, 0.15) is 0 Å². The minimum absolute atomic E-state index is 0.0100. The molecular weight excluding hydrogens is 358 g/mol. The molecule has 7 nitrogen and oxygen atoms in total. The van der Waals surface area contributed by atoms with Gasteiger partial charge in [-0.2, -0.15) is 0 Å². The molecule has 28 heavy (non-hydrogen) atoms. The molecule has 1 saturated heterocycles. The van der Waals surface area contributed by atoms with Crippen molar-refractivity contribution in [2.24, 2.45) is 0 Å². The quantitative estimate of drug-likeness (QED) is 0.714. The Kier molecular flexibility index (Phi) is 6.54. The van der Waals surface area contributed by atoms with Crippen LogP contribution < -0.4 is 9.47 Å². The number of carbonyl (C=O) groups is 1. The Hall–Kier alpha value is -2.57. The molecule has 1 aliphatic rings. The number of amides is 1. The van der Waals surface area contributed by atoms with E-state index in [2.05, 4.69) is 10.2 Å². The first-order valence-electron chi connectivity index (χ1n) is 10.1. The molecule has 0 radical (unpaired) electrons. The maximum absolute atomic E-state index is 12.9. The van der Waals surface area contributed by atoms with Gasteiger partial charge >= 0.3 is 0 Å². The summed E-state index contributed by atoms with van der Waals surface area (Å²) in [4.78, 5) is 14.8. The van der Waals surface area contributed by atoms with Crippen LogP contribution >= 0.6 is 0 Å². The molecule has 1 fully saturated rings. The van der Waals surface area contributed by atoms with E-state index in [1.54, 1.807) is 18.2 Å². The van der Waals surface area contributed by atoms with Crippen molar-refractivity contribution in [1.29, 1.82) is 0 Å². The Morgan fingerprint density at radius 1 is 1.14 bits per heavy atom. The predicted molar refractivity (Wildman–Crippen MR) is 105 cm³/mol. The first-order chi connectivity index (χ1) is 13.5. The Morgan fingerprint density at radius 3 is 2.43 bits per heavy atom. The van der Waals surface area contributed by atoms with Crippen LogP contribution in [0.5, 0.6) is 11.5 Å². The second-order valence-corrected chi connectivity index (χ2v) is 7.23. The molecule has 2 heterocycles. The SMILES string of the molecule is CCOc1ccc(C(=O)N2CCC(c3nnc(C(C)C)o3)CC2)cc1OCC. The lowest BCUT2D eigenvalue weighted by Gasteiger charge is -2.30. The molecule has 0 bridgehead atoms. The number of aromatic nitrogens is 2. The van der Waals surface area contributed by atoms with Gasteiger partial charge in [-0.3, -0.25) is 4.79 Å². The van der Waals surface area contributed by atoms with Crippen molar-refractivity contribution in [3.05, 3.63) is 35.5 Å². The highest BCUT2D eigenvalue weighted by molar-refractivity contribution is 5.95. The van der Waals surface area contributed by atoms with Crippen LogP contribution in [0.1, 0.15) is 74.5 Å². The second-order valence-electron chi connectivity index (χ2n) is 7.23. The summed E-state index contributed by atoms with van der Waals surface area (Å²) in [5.74, 6) is 3.08. The predicted octanol–water partition coefficient (Wildman–Crippen LogP) is 4.01. The number of likely N-dealkylation sites (tertiary alicyclic amines) is 1. The Bertz CT molecular complexity index is 795. The summed E-state index contributed by atoms with van der Waals surface area (Å²) >= 11 is 0. The summed E-state index contributed by atoms with van der Waals surface area (Å²) in [7, 11) is 0. The van der Waals surface area contributed by atoms with Gasteiger partial charge in [-0.15, -0.1) is 10.2 Å². The number of nitrogens with zero attached hydrogens (tertiary/aromatic N) is 3. The fourth-order valence-corrected chi connectivity index (χ4v) is 3.34. The van der Waals surface area contributed by atoms with E-state index in [-0.39, 0.29) is 17.7 Å². The molecule has 152 valence electrons. The largest absolute Gasteiger partial charge is 0.490 e. The van der Waals surface area contributed by atoms with E-state index < -0.39 is 0 Å². The third-order valence-electron chi connectivity index (χ3n) is 4.87. The van der Waals surface area contributed by atoms with Crippen LogP contribution in [0.4, 0.5) is 0 Å². The number of hydrogen-bond donors (Lipinski definition) is 0. The van der Waals surface area contributed by atoms with Crippen molar-refractivity contribution in [3.8, 4) is 11.5 Å². The van der Waals surface area contributed by atoms with Gasteiger partial charge < -0.3 is 18.8 Å². The summed E-state index contributed by atoms with van der Waals surface area (Å²) < 4.78 is 17.0. The minimum Gasteiger partial charge on any atom is -0.490 e. The molecule has 0 spiro atoms. The van der Waals surface area contributed by atoms with Crippen molar-refractivity contribution in [3.63, 3.8) is 0 Å². The first kappa shape index (κ1) is 20.2. The molecule has 3 rings (SSSR count). The van der Waals surface area contributed by atoms with E-state index in [4.69, 9.17) is 13.9 Å². The lowest BCUT2D eigenvalue weighted by molar-refractivity contribution is 0.0705. The van der Waals surface area contributed by atoms with Crippen LogP contribution in [-0.2, 0) is 0 Å². The van der Waals surface area contributed by atoms with Gasteiger partial charge in [-0.25, -0.2) is 0 Å². The topological polar surface area (TPSA) is 77.7 Å². The molecule has 0 atom stereocenters.